The van der Waals surface area contributed by atoms with Gasteiger partial charge in [0.25, 0.3) is 0 Å². The van der Waals surface area contributed by atoms with E-state index in [1.54, 1.807) is 0 Å². The summed E-state index contributed by atoms with van der Waals surface area (Å²) in [5.41, 5.74) is 7.71. The summed E-state index contributed by atoms with van der Waals surface area (Å²) >= 11 is 0. The zero-order valence-corrected chi connectivity index (χ0v) is 16.9. The number of fused-ring (bicyclic) bond motifs is 1. The molecular weight excluding hydrogens is 354 g/mol. The lowest BCUT2D eigenvalue weighted by Crippen LogP contribution is -2.17. The molecule has 1 aromatic heterocycles. The average Bonchev–Trinajstić information content (AvgIpc) is 3.17. The van der Waals surface area contributed by atoms with Crippen molar-refractivity contribution in [1.29, 1.82) is 0 Å². The molecule has 0 spiro atoms. The Morgan fingerprint density at radius 2 is 1.93 bits per heavy atom. The van der Waals surface area contributed by atoms with E-state index in [-0.39, 0.29) is 0 Å². The predicted octanol–water partition coefficient (Wildman–Crippen LogP) is 6.47. The molecule has 1 aliphatic rings. The molecule has 0 atom stereocenters. The number of aromatic nitrogens is 2. The molecule has 0 fully saturated rings. The van der Waals surface area contributed by atoms with E-state index < -0.39 is 0 Å². The van der Waals surface area contributed by atoms with Crippen LogP contribution in [0.2, 0.25) is 0 Å². The number of nitrogens with one attached hydrogen (secondary N) is 1. The maximum Gasteiger partial charge on any atom is 0.0996 e. The zero-order valence-electron chi connectivity index (χ0n) is 16.9. The van der Waals surface area contributed by atoms with Crippen molar-refractivity contribution in [3.05, 3.63) is 114 Å². The molecule has 0 radical (unpaired) electrons. The topological polar surface area (TPSA) is 31.9 Å². The molecule has 1 aliphatic heterocycles. The van der Waals surface area contributed by atoms with Crippen molar-refractivity contribution in [2.75, 3.05) is 0 Å². The van der Waals surface area contributed by atoms with Crippen molar-refractivity contribution >= 4 is 22.0 Å². The van der Waals surface area contributed by atoms with Gasteiger partial charge in [0.05, 0.1) is 11.2 Å². The highest BCUT2D eigenvalue weighted by Gasteiger charge is 2.13. The highest BCUT2D eigenvalue weighted by atomic mass is 15.1. The fraction of sp³-hybridized carbons (Fsp3) is 0.115. The molecule has 2 heterocycles. The van der Waals surface area contributed by atoms with Gasteiger partial charge in [-0.1, -0.05) is 67.3 Å². The second kappa shape index (κ2) is 8.19. The Bertz CT molecular complexity index is 1160. The molecule has 0 aliphatic carbocycles. The van der Waals surface area contributed by atoms with Crippen LogP contribution in [0.3, 0.4) is 0 Å². The standard InChI is InChI=1S/C26H25N3/c1-4-9-21(5-2)26-24-15-14-22(16-25(24)27-28-26)23-13-12-19(3)29(18-23)17-20-10-7-6-8-11-20/h4-16,18H,3,17H2,1-2H3,(H,27,28)/b9-4-,21-5+. The molecular formula is C26H25N3. The van der Waals surface area contributed by atoms with Crippen LogP contribution in [0.5, 0.6) is 0 Å². The maximum absolute atomic E-state index is 4.55. The van der Waals surface area contributed by atoms with Crippen molar-refractivity contribution < 1.29 is 0 Å². The molecule has 0 bridgehead atoms. The van der Waals surface area contributed by atoms with E-state index in [9.17, 15) is 0 Å². The summed E-state index contributed by atoms with van der Waals surface area (Å²) < 4.78 is 0. The predicted molar refractivity (Wildman–Crippen MR) is 123 cm³/mol. The van der Waals surface area contributed by atoms with Gasteiger partial charge in [0.1, 0.15) is 0 Å². The van der Waals surface area contributed by atoms with Gasteiger partial charge in [0.2, 0.25) is 0 Å². The van der Waals surface area contributed by atoms with Crippen LogP contribution in [0.15, 0.2) is 97.4 Å². The van der Waals surface area contributed by atoms with Crippen LogP contribution in [0.1, 0.15) is 30.7 Å². The Hall–Kier alpha value is -3.59. The number of H-pyrrole nitrogens is 1. The lowest BCUT2D eigenvalue weighted by atomic mass is 10.00. The van der Waals surface area contributed by atoms with Crippen LogP contribution in [0.25, 0.3) is 22.0 Å². The van der Waals surface area contributed by atoms with Crippen LogP contribution >= 0.6 is 0 Å². The number of hydrogen-bond donors (Lipinski definition) is 1. The third-order valence-electron chi connectivity index (χ3n) is 5.14. The van der Waals surface area contributed by atoms with Crippen LogP contribution in [0, 0.1) is 0 Å². The summed E-state index contributed by atoms with van der Waals surface area (Å²) in [5.74, 6) is 0. The molecule has 0 amide bonds. The summed E-state index contributed by atoms with van der Waals surface area (Å²) in [6, 6.07) is 16.9. The minimum atomic E-state index is 0.804. The van der Waals surface area contributed by atoms with Gasteiger partial charge in [-0.2, -0.15) is 5.10 Å². The molecule has 2 aromatic carbocycles. The average molecular weight is 380 g/mol. The first-order chi connectivity index (χ1) is 14.2. The van der Waals surface area contributed by atoms with E-state index in [1.165, 1.54) is 5.56 Å². The zero-order chi connectivity index (χ0) is 20.2. The maximum atomic E-state index is 4.55. The van der Waals surface area contributed by atoms with Crippen molar-refractivity contribution in [2.45, 2.75) is 20.4 Å². The second-order valence-electron chi connectivity index (χ2n) is 7.10. The van der Waals surface area contributed by atoms with Gasteiger partial charge in [-0.25, -0.2) is 0 Å². The van der Waals surface area contributed by atoms with E-state index in [1.807, 2.05) is 26.0 Å². The molecule has 29 heavy (non-hydrogen) atoms. The number of benzene rings is 2. The summed E-state index contributed by atoms with van der Waals surface area (Å²) in [6.45, 7) is 9.05. The first kappa shape index (κ1) is 18.8. The lowest BCUT2D eigenvalue weighted by Gasteiger charge is -2.25. The molecule has 1 N–H and O–H groups in total. The van der Waals surface area contributed by atoms with Gasteiger partial charge in [-0.3, -0.25) is 5.10 Å². The number of aromatic amines is 1. The largest absolute Gasteiger partial charge is 0.343 e. The number of hydrogen-bond acceptors (Lipinski definition) is 2. The SMILES string of the molecule is C=C1C=CC(c2ccc3c(C(/C=C\C)=C/C)n[nH]c3c2)=CN1Cc1ccccc1. The third kappa shape index (κ3) is 3.85. The van der Waals surface area contributed by atoms with Crippen molar-refractivity contribution in [2.24, 2.45) is 0 Å². The number of rotatable bonds is 5. The fourth-order valence-corrected chi connectivity index (χ4v) is 3.58. The van der Waals surface area contributed by atoms with E-state index >= 15 is 0 Å². The van der Waals surface area contributed by atoms with Gasteiger partial charge >= 0.3 is 0 Å². The molecule has 3 heteroatoms. The van der Waals surface area contributed by atoms with Crippen molar-refractivity contribution in [3.8, 4) is 0 Å². The third-order valence-corrected chi connectivity index (χ3v) is 5.14. The van der Waals surface area contributed by atoms with Crippen LogP contribution < -0.4 is 0 Å². The fourth-order valence-electron chi connectivity index (χ4n) is 3.58. The highest BCUT2D eigenvalue weighted by molar-refractivity contribution is 5.94. The van der Waals surface area contributed by atoms with E-state index in [0.717, 1.165) is 45.5 Å². The Morgan fingerprint density at radius 3 is 2.69 bits per heavy atom. The van der Waals surface area contributed by atoms with Crippen molar-refractivity contribution in [3.63, 3.8) is 0 Å². The van der Waals surface area contributed by atoms with E-state index in [2.05, 4.69) is 94.6 Å². The minimum absolute atomic E-state index is 0.804. The summed E-state index contributed by atoms with van der Waals surface area (Å²) in [6.07, 6.45) is 12.6. The normalized spacial score (nSPS) is 14.8. The summed E-state index contributed by atoms with van der Waals surface area (Å²) in [4.78, 5) is 2.19. The van der Waals surface area contributed by atoms with E-state index in [4.69, 9.17) is 0 Å². The highest BCUT2D eigenvalue weighted by Crippen LogP contribution is 2.30. The van der Waals surface area contributed by atoms with Crippen LogP contribution in [-0.2, 0) is 6.54 Å². The molecule has 144 valence electrons. The van der Waals surface area contributed by atoms with Gasteiger partial charge in [-0.15, -0.1) is 0 Å². The molecule has 3 nitrogen and oxygen atoms in total. The van der Waals surface area contributed by atoms with Crippen LogP contribution in [-0.4, -0.2) is 15.1 Å². The minimum Gasteiger partial charge on any atom is -0.343 e. The van der Waals surface area contributed by atoms with Gasteiger partial charge in [-0.05, 0) is 54.3 Å². The Kier molecular flexibility index (Phi) is 5.30. The van der Waals surface area contributed by atoms with Crippen LogP contribution in [0.4, 0.5) is 0 Å². The number of nitrogens with zero attached hydrogens (tertiary/aromatic N) is 2. The summed E-state index contributed by atoms with van der Waals surface area (Å²) in [7, 11) is 0. The van der Waals surface area contributed by atoms with Gasteiger partial charge < -0.3 is 4.90 Å². The smallest absolute Gasteiger partial charge is 0.0996 e. The first-order valence-corrected chi connectivity index (χ1v) is 9.87. The molecule has 0 unspecified atom stereocenters. The van der Waals surface area contributed by atoms with Gasteiger partial charge in [0, 0.05) is 23.8 Å². The monoisotopic (exact) mass is 379 g/mol. The Balaban J connectivity index is 1.66. The Morgan fingerprint density at radius 1 is 1.10 bits per heavy atom. The summed E-state index contributed by atoms with van der Waals surface area (Å²) in [5, 5.41) is 8.87. The molecule has 4 rings (SSSR count). The number of allylic oxidation sites excluding steroid dienone is 7. The molecule has 0 saturated carbocycles. The first-order valence-electron chi connectivity index (χ1n) is 9.87. The molecule has 0 saturated heterocycles. The van der Waals surface area contributed by atoms with Gasteiger partial charge in [0.15, 0.2) is 0 Å². The lowest BCUT2D eigenvalue weighted by molar-refractivity contribution is 0.474. The van der Waals surface area contributed by atoms with E-state index in [0.29, 0.717) is 0 Å². The Labute approximate surface area is 172 Å². The van der Waals surface area contributed by atoms with Crippen molar-refractivity contribution in [1.82, 2.24) is 15.1 Å². The molecule has 3 aromatic rings. The quantitative estimate of drug-likeness (QED) is 0.515. The second-order valence-corrected chi connectivity index (χ2v) is 7.10.